The Bertz CT molecular complexity index is 1820. The van der Waals surface area contributed by atoms with E-state index < -0.39 is 0 Å². The van der Waals surface area contributed by atoms with Crippen molar-refractivity contribution in [1.82, 2.24) is 19.9 Å². The molecular weight excluding hydrogens is 440 g/mol. The van der Waals surface area contributed by atoms with Crippen molar-refractivity contribution < 1.29 is 0 Å². The minimum atomic E-state index is 0.931. The number of pyridine rings is 4. The van der Waals surface area contributed by atoms with Gasteiger partial charge in [-0.3, -0.25) is 15.0 Å². The van der Waals surface area contributed by atoms with Gasteiger partial charge in [0.2, 0.25) is 0 Å². The first-order valence-corrected chi connectivity index (χ1v) is 11.9. The highest BCUT2D eigenvalue weighted by Gasteiger charge is 2.11. The molecule has 7 rings (SSSR count). The smallest absolute Gasteiger partial charge is 0.0715 e. The zero-order valence-electron chi connectivity index (χ0n) is 19.3. The zero-order chi connectivity index (χ0) is 23.9. The minimum Gasteiger partial charge on any atom is -0.264 e. The van der Waals surface area contributed by atoms with Gasteiger partial charge in [-0.05, 0) is 76.5 Å². The molecule has 0 unspecified atom stereocenters. The quantitative estimate of drug-likeness (QED) is 0.253. The number of benzene rings is 3. The highest BCUT2D eigenvalue weighted by Crippen LogP contribution is 2.34. The van der Waals surface area contributed by atoms with Gasteiger partial charge in [0.1, 0.15) is 0 Å². The molecule has 4 nitrogen and oxygen atoms in total. The number of hydrogen-bond donors (Lipinski definition) is 0. The first-order valence-electron chi connectivity index (χ1n) is 11.9. The molecule has 0 atom stereocenters. The number of fused-ring (bicyclic) bond motifs is 5. The van der Waals surface area contributed by atoms with Gasteiger partial charge < -0.3 is 0 Å². The van der Waals surface area contributed by atoms with Gasteiger partial charge in [-0.1, -0.05) is 36.4 Å². The average molecular weight is 461 g/mol. The van der Waals surface area contributed by atoms with Crippen molar-refractivity contribution in [3.8, 4) is 33.5 Å². The summed E-state index contributed by atoms with van der Waals surface area (Å²) in [6.07, 6.45) is 9.21. The molecule has 4 heterocycles. The molecule has 0 fully saturated rings. The Balaban J connectivity index is 1.42. The lowest BCUT2D eigenvalue weighted by molar-refractivity contribution is 1.32. The molecule has 0 N–H and O–H groups in total. The number of rotatable bonds is 3. The van der Waals surface area contributed by atoms with E-state index >= 15 is 0 Å². The number of aromatic nitrogens is 4. The lowest BCUT2D eigenvalue weighted by Gasteiger charge is -2.12. The maximum Gasteiger partial charge on any atom is 0.0715 e. The Kier molecular flexibility index (Phi) is 4.74. The second kappa shape index (κ2) is 8.36. The van der Waals surface area contributed by atoms with Crippen LogP contribution in [0.2, 0.25) is 0 Å². The second-order valence-corrected chi connectivity index (χ2v) is 8.84. The van der Waals surface area contributed by atoms with Crippen molar-refractivity contribution in [2.45, 2.75) is 0 Å². The van der Waals surface area contributed by atoms with Gasteiger partial charge in [0, 0.05) is 58.4 Å². The first-order chi connectivity index (χ1) is 17.8. The van der Waals surface area contributed by atoms with Crippen molar-refractivity contribution >= 4 is 32.6 Å². The summed E-state index contributed by atoms with van der Waals surface area (Å²) in [5, 5.41) is 4.68. The fraction of sp³-hybridized carbons (Fsp3) is 0. The van der Waals surface area contributed by atoms with E-state index in [0.717, 1.165) is 55.3 Å². The van der Waals surface area contributed by atoms with Crippen LogP contribution in [0, 0.1) is 0 Å². The monoisotopic (exact) mass is 460 g/mol. The van der Waals surface area contributed by atoms with E-state index in [9.17, 15) is 0 Å². The largest absolute Gasteiger partial charge is 0.264 e. The van der Waals surface area contributed by atoms with Gasteiger partial charge in [0.25, 0.3) is 0 Å². The summed E-state index contributed by atoms with van der Waals surface area (Å²) in [6, 6.07) is 31.6. The molecule has 0 bridgehead atoms. The summed E-state index contributed by atoms with van der Waals surface area (Å²) in [5.41, 5.74) is 8.29. The molecule has 7 aromatic rings. The Labute approximate surface area is 208 Å². The van der Waals surface area contributed by atoms with Crippen LogP contribution in [0.4, 0.5) is 0 Å². The van der Waals surface area contributed by atoms with Crippen LogP contribution in [-0.2, 0) is 0 Å². The van der Waals surface area contributed by atoms with Crippen molar-refractivity contribution in [2.24, 2.45) is 0 Å². The van der Waals surface area contributed by atoms with Gasteiger partial charge >= 0.3 is 0 Å². The first kappa shape index (κ1) is 20.4. The van der Waals surface area contributed by atoms with Crippen molar-refractivity contribution in [2.75, 3.05) is 0 Å². The molecule has 36 heavy (non-hydrogen) atoms. The molecule has 4 heteroatoms. The Hall–Kier alpha value is -4.96. The third-order valence-electron chi connectivity index (χ3n) is 6.67. The standard InChI is InChI=1S/C32H20N4/c1-4-21(19-33-13-1)23-16-24(22-5-2-14-34-20-22)18-25(17-23)30-10-9-29-27-7-11-31-28(6-3-15-35-31)26(27)8-12-32(29)36-30/h1-20H. The summed E-state index contributed by atoms with van der Waals surface area (Å²) >= 11 is 0. The maximum absolute atomic E-state index is 5.10. The van der Waals surface area contributed by atoms with Crippen LogP contribution in [0.5, 0.6) is 0 Å². The fourth-order valence-electron chi connectivity index (χ4n) is 4.92. The molecule has 0 radical (unpaired) electrons. The van der Waals surface area contributed by atoms with Gasteiger partial charge in [0.05, 0.1) is 16.7 Å². The Morgan fingerprint density at radius 1 is 0.417 bits per heavy atom. The molecular formula is C32H20N4. The topological polar surface area (TPSA) is 51.6 Å². The van der Waals surface area contributed by atoms with Crippen LogP contribution < -0.4 is 0 Å². The highest BCUT2D eigenvalue weighted by atomic mass is 14.7. The van der Waals surface area contributed by atoms with E-state index in [1.54, 1.807) is 12.4 Å². The van der Waals surface area contributed by atoms with Gasteiger partial charge in [-0.25, -0.2) is 4.98 Å². The minimum absolute atomic E-state index is 0.931. The predicted octanol–water partition coefficient (Wildman–Crippen LogP) is 7.73. The van der Waals surface area contributed by atoms with Crippen LogP contribution in [0.1, 0.15) is 0 Å². The summed E-state index contributed by atoms with van der Waals surface area (Å²) in [4.78, 5) is 18.3. The highest BCUT2D eigenvalue weighted by molar-refractivity contribution is 6.16. The summed E-state index contributed by atoms with van der Waals surface area (Å²) in [5.74, 6) is 0. The van der Waals surface area contributed by atoms with Gasteiger partial charge in [0.15, 0.2) is 0 Å². The van der Waals surface area contributed by atoms with E-state index in [1.807, 2.05) is 36.8 Å². The van der Waals surface area contributed by atoms with Crippen LogP contribution in [0.3, 0.4) is 0 Å². The van der Waals surface area contributed by atoms with E-state index in [0.29, 0.717) is 0 Å². The molecule has 0 saturated heterocycles. The molecule has 0 amide bonds. The van der Waals surface area contributed by atoms with Gasteiger partial charge in [-0.2, -0.15) is 0 Å². The van der Waals surface area contributed by atoms with Gasteiger partial charge in [-0.15, -0.1) is 0 Å². The van der Waals surface area contributed by atoms with E-state index in [-0.39, 0.29) is 0 Å². The average Bonchev–Trinajstić information content (AvgIpc) is 2.97. The van der Waals surface area contributed by atoms with Crippen LogP contribution in [0.25, 0.3) is 66.1 Å². The number of nitrogens with zero attached hydrogens (tertiary/aromatic N) is 4. The van der Waals surface area contributed by atoms with Crippen LogP contribution in [-0.4, -0.2) is 19.9 Å². The molecule has 0 spiro atoms. The summed E-state index contributed by atoms with van der Waals surface area (Å²) < 4.78 is 0. The van der Waals surface area contributed by atoms with E-state index in [2.05, 4.69) is 87.7 Å². The SMILES string of the molecule is c1cncc(-c2cc(-c3cccnc3)cc(-c3ccc4c(ccc5c6cccnc6ccc45)n3)c2)c1. The summed E-state index contributed by atoms with van der Waals surface area (Å²) in [6.45, 7) is 0. The molecule has 0 aliphatic heterocycles. The molecule has 0 aliphatic carbocycles. The third kappa shape index (κ3) is 3.48. The van der Waals surface area contributed by atoms with Crippen LogP contribution in [0.15, 0.2) is 122 Å². The molecule has 3 aromatic carbocycles. The van der Waals surface area contributed by atoms with Crippen molar-refractivity contribution in [1.29, 1.82) is 0 Å². The van der Waals surface area contributed by atoms with Crippen LogP contribution >= 0.6 is 0 Å². The zero-order valence-corrected chi connectivity index (χ0v) is 19.3. The fourth-order valence-corrected chi connectivity index (χ4v) is 4.92. The van der Waals surface area contributed by atoms with E-state index in [1.165, 1.54) is 10.8 Å². The van der Waals surface area contributed by atoms with Crippen molar-refractivity contribution in [3.05, 3.63) is 122 Å². The van der Waals surface area contributed by atoms with E-state index in [4.69, 9.17) is 4.98 Å². The number of hydrogen-bond acceptors (Lipinski definition) is 4. The normalized spacial score (nSPS) is 11.3. The Morgan fingerprint density at radius 3 is 1.67 bits per heavy atom. The lowest BCUT2D eigenvalue weighted by atomic mass is 9.95. The molecule has 0 saturated carbocycles. The lowest BCUT2D eigenvalue weighted by Crippen LogP contribution is -1.90. The molecule has 0 aliphatic rings. The second-order valence-electron chi connectivity index (χ2n) is 8.84. The maximum atomic E-state index is 5.10. The molecule has 4 aromatic heterocycles. The summed E-state index contributed by atoms with van der Waals surface area (Å²) in [7, 11) is 0. The predicted molar refractivity (Wildman–Crippen MR) is 146 cm³/mol. The third-order valence-corrected chi connectivity index (χ3v) is 6.67. The van der Waals surface area contributed by atoms with Crippen molar-refractivity contribution in [3.63, 3.8) is 0 Å². The Morgan fingerprint density at radius 2 is 1.00 bits per heavy atom. The molecule has 168 valence electrons.